The predicted octanol–water partition coefficient (Wildman–Crippen LogP) is 2.48. The van der Waals surface area contributed by atoms with Gasteiger partial charge in [0.2, 0.25) is 0 Å². The van der Waals surface area contributed by atoms with Crippen LogP contribution in [0.15, 0.2) is 24.3 Å². The van der Waals surface area contributed by atoms with E-state index in [1.165, 1.54) is 18.2 Å². The van der Waals surface area contributed by atoms with E-state index >= 15 is 0 Å². The quantitative estimate of drug-likeness (QED) is 0.348. The van der Waals surface area contributed by atoms with E-state index in [0.717, 1.165) is 5.56 Å². The molecule has 1 rings (SSSR count). The lowest BCUT2D eigenvalue weighted by molar-refractivity contribution is -0.385. The zero-order valence-corrected chi connectivity index (χ0v) is 9.67. The van der Waals surface area contributed by atoms with E-state index in [-0.39, 0.29) is 12.3 Å². The Morgan fingerprint density at radius 3 is 2.82 bits per heavy atom. The summed E-state index contributed by atoms with van der Waals surface area (Å²) >= 11 is 0. The van der Waals surface area contributed by atoms with Gasteiger partial charge in [0.15, 0.2) is 0 Å². The number of aryl methyl sites for hydroxylation is 1. The smallest absolute Gasteiger partial charge is 0.330 e. The molecule has 5 nitrogen and oxygen atoms in total. The molecule has 0 aromatic heterocycles. The maximum Gasteiger partial charge on any atom is 0.330 e. The highest BCUT2D eigenvalue weighted by atomic mass is 16.6. The van der Waals surface area contributed by atoms with Crippen molar-refractivity contribution in [2.45, 2.75) is 13.8 Å². The molecule has 90 valence electrons. The summed E-state index contributed by atoms with van der Waals surface area (Å²) in [6, 6.07) is 4.81. The van der Waals surface area contributed by atoms with Crippen molar-refractivity contribution in [1.29, 1.82) is 0 Å². The molecule has 0 N–H and O–H groups in total. The molecule has 0 bridgehead atoms. The fourth-order valence-corrected chi connectivity index (χ4v) is 1.30. The molecule has 0 radical (unpaired) electrons. The summed E-state index contributed by atoms with van der Waals surface area (Å²) < 4.78 is 4.69. The molecule has 0 saturated carbocycles. The van der Waals surface area contributed by atoms with Crippen LogP contribution in [-0.4, -0.2) is 17.5 Å². The summed E-state index contributed by atoms with van der Waals surface area (Å²) in [5.74, 6) is -0.512. The Morgan fingerprint density at radius 2 is 2.24 bits per heavy atom. The highest BCUT2D eigenvalue weighted by molar-refractivity contribution is 5.87. The molecule has 1 aromatic carbocycles. The van der Waals surface area contributed by atoms with Gasteiger partial charge in [-0.3, -0.25) is 10.1 Å². The molecule has 1 aromatic rings. The largest absolute Gasteiger partial charge is 0.463 e. The van der Waals surface area contributed by atoms with Gasteiger partial charge < -0.3 is 4.74 Å². The van der Waals surface area contributed by atoms with E-state index in [1.54, 1.807) is 26.0 Å². The van der Waals surface area contributed by atoms with Crippen molar-refractivity contribution in [2.24, 2.45) is 0 Å². The lowest BCUT2D eigenvalue weighted by atomic mass is 10.1. The fraction of sp³-hybridized carbons (Fsp3) is 0.250. The average Bonchev–Trinajstić information content (AvgIpc) is 2.27. The second-order valence-electron chi connectivity index (χ2n) is 3.40. The highest BCUT2D eigenvalue weighted by Gasteiger charge is 2.11. The van der Waals surface area contributed by atoms with Crippen LogP contribution in [-0.2, 0) is 9.53 Å². The van der Waals surface area contributed by atoms with Crippen molar-refractivity contribution < 1.29 is 14.5 Å². The maximum absolute atomic E-state index is 11.1. The number of nitrogens with zero attached hydrogens (tertiary/aromatic N) is 1. The lowest BCUT2D eigenvalue weighted by Gasteiger charge is -1.99. The topological polar surface area (TPSA) is 69.4 Å². The number of carbonyl (C=O) groups excluding carboxylic acids is 1. The van der Waals surface area contributed by atoms with Gasteiger partial charge in [-0.1, -0.05) is 6.07 Å². The maximum atomic E-state index is 11.1. The van der Waals surface area contributed by atoms with Crippen LogP contribution in [0.4, 0.5) is 5.69 Å². The molecule has 0 amide bonds. The van der Waals surface area contributed by atoms with Crippen LogP contribution in [0.2, 0.25) is 0 Å². The lowest BCUT2D eigenvalue weighted by Crippen LogP contribution is -1.99. The van der Waals surface area contributed by atoms with Gasteiger partial charge in [-0.05, 0) is 31.6 Å². The van der Waals surface area contributed by atoms with E-state index in [0.29, 0.717) is 5.56 Å². The third-order valence-corrected chi connectivity index (χ3v) is 2.07. The summed E-state index contributed by atoms with van der Waals surface area (Å²) in [5, 5.41) is 10.8. The predicted molar refractivity (Wildman–Crippen MR) is 63.5 cm³/mol. The number of benzene rings is 1. The molecular formula is C12H13NO4. The third-order valence-electron chi connectivity index (χ3n) is 2.07. The number of nitro groups is 1. The molecule has 0 fully saturated rings. The number of esters is 1. The number of nitro benzene ring substituents is 1. The first kappa shape index (κ1) is 12.9. The summed E-state index contributed by atoms with van der Waals surface area (Å²) in [6.45, 7) is 3.74. The van der Waals surface area contributed by atoms with Gasteiger partial charge in [0.1, 0.15) is 0 Å². The number of hydrogen-bond acceptors (Lipinski definition) is 4. The summed E-state index contributed by atoms with van der Waals surface area (Å²) in [5.41, 5.74) is 1.16. The van der Waals surface area contributed by atoms with Crippen LogP contribution in [0.3, 0.4) is 0 Å². The first-order valence-electron chi connectivity index (χ1n) is 5.14. The van der Waals surface area contributed by atoms with Crippen molar-refractivity contribution in [3.05, 3.63) is 45.5 Å². The zero-order valence-electron chi connectivity index (χ0n) is 9.67. The molecule has 0 spiro atoms. The Labute approximate surface area is 98.9 Å². The summed E-state index contributed by atoms with van der Waals surface area (Å²) in [4.78, 5) is 21.4. The minimum atomic E-state index is -0.512. The average molecular weight is 235 g/mol. The highest BCUT2D eigenvalue weighted by Crippen LogP contribution is 2.21. The van der Waals surface area contributed by atoms with E-state index in [1.807, 2.05) is 0 Å². The van der Waals surface area contributed by atoms with Crippen LogP contribution in [0.25, 0.3) is 6.08 Å². The number of ether oxygens (including phenoxy) is 1. The fourth-order valence-electron chi connectivity index (χ4n) is 1.30. The minimum absolute atomic E-state index is 0.0226. The standard InChI is InChI=1S/C12H13NO4/c1-3-17-12(14)7-6-10-5-4-9(2)8-11(10)13(15)16/h4-8H,3H2,1-2H3/b7-6+. The second kappa shape index (κ2) is 5.79. The van der Waals surface area contributed by atoms with Crippen molar-refractivity contribution in [3.63, 3.8) is 0 Å². The van der Waals surface area contributed by atoms with E-state index in [4.69, 9.17) is 4.74 Å². The monoisotopic (exact) mass is 235 g/mol. The van der Waals surface area contributed by atoms with E-state index in [2.05, 4.69) is 0 Å². The Kier molecular flexibility index (Phi) is 4.39. The van der Waals surface area contributed by atoms with E-state index in [9.17, 15) is 14.9 Å². The second-order valence-corrected chi connectivity index (χ2v) is 3.40. The summed E-state index contributed by atoms with van der Waals surface area (Å²) in [6.07, 6.45) is 2.57. The molecule has 0 saturated heterocycles. The Hall–Kier alpha value is -2.17. The SMILES string of the molecule is CCOC(=O)/C=C/c1ccc(C)cc1[N+](=O)[O-]. The van der Waals surface area contributed by atoms with Crippen molar-refractivity contribution in [1.82, 2.24) is 0 Å². The molecule has 0 atom stereocenters. The van der Waals surface area contributed by atoms with Crippen molar-refractivity contribution >= 4 is 17.7 Å². The van der Waals surface area contributed by atoms with Gasteiger partial charge >= 0.3 is 5.97 Å². The van der Waals surface area contributed by atoms with Crippen LogP contribution in [0.5, 0.6) is 0 Å². The van der Waals surface area contributed by atoms with Gasteiger partial charge in [0.05, 0.1) is 17.1 Å². The minimum Gasteiger partial charge on any atom is -0.463 e. The first-order chi connectivity index (χ1) is 8.04. The van der Waals surface area contributed by atoms with Crippen LogP contribution in [0, 0.1) is 17.0 Å². The molecule has 0 heterocycles. The van der Waals surface area contributed by atoms with Crippen LogP contribution < -0.4 is 0 Å². The molecule has 5 heteroatoms. The molecule has 17 heavy (non-hydrogen) atoms. The number of carbonyl (C=O) groups is 1. The Morgan fingerprint density at radius 1 is 1.53 bits per heavy atom. The van der Waals surface area contributed by atoms with Gasteiger partial charge in [-0.2, -0.15) is 0 Å². The zero-order chi connectivity index (χ0) is 12.8. The van der Waals surface area contributed by atoms with Crippen LogP contribution >= 0.6 is 0 Å². The van der Waals surface area contributed by atoms with E-state index < -0.39 is 10.9 Å². The van der Waals surface area contributed by atoms with Gasteiger partial charge in [-0.25, -0.2) is 4.79 Å². The van der Waals surface area contributed by atoms with Crippen molar-refractivity contribution in [3.8, 4) is 0 Å². The van der Waals surface area contributed by atoms with Gasteiger partial charge in [0.25, 0.3) is 5.69 Å². The number of rotatable bonds is 4. The van der Waals surface area contributed by atoms with Crippen molar-refractivity contribution in [2.75, 3.05) is 6.61 Å². The first-order valence-corrected chi connectivity index (χ1v) is 5.14. The molecule has 0 unspecified atom stereocenters. The third kappa shape index (κ3) is 3.71. The van der Waals surface area contributed by atoms with Crippen LogP contribution in [0.1, 0.15) is 18.1 Å². The van der Waals surface area contributed by atoms with Gasteiger partial charge in [-0.15, -0.1) is 0 Å². The molecule has 0 aliphatic carbocycles. The molecule has 0 aliphatic heterocycles. The van der Waals surface area contributed by atoms with Gasteiger partial charge in [0, 0.05) is 12.1 Å². The number of hydrogen-bond donors (Lipinski definition) is 0. The normalized spacial score (nSPS) is 10.5. The summed E-state index contributed by atoms with van der Waals surface area (Å²) in [7, 11) is 0. The Bertz CT molecular complexity index is 466. The molecular weight excluding hydrogens is 222 g/mol. The Balaban J connectivity index is 2.98. The molecule has 0 aliphatic rings.